The Morgan fingerprint density at radius 1 is 0.958 bits per heavy atom. The zero-order chi connectivity index (χ0) is 16.4. The minimum absolute atomic E-state index is 0.698. The van der Waals surface area contributed by atoms with Gasteiger partial charge in [-0.3, -0.25) is 14.8 Å². The van der Waals surface area contributed by atoms with Gasteiger partial charge in [-0.25, -0.2) is 0 Å². The molecule has 126 valence electrons. The van der Waals surface area contributed by atoms with Crippen molar-refractivity contribution in [3.8, 4) is 5.75 Å². The van der Waals surface area contributed by atoms with Crippen molar-refractivity contribution in [2.75, 3.05) is 20.2 Å². The van der Waals surface area contributed by atoms with Gasteiger partial charge in [0.1, 0.15) is 5.75 Å². The molecule has 3 heterocycles. The first-order chi connectivity index (χ1) is 11.8. The minimum Gasteiger partial charge on any atom is -0.497 e. The lowest BCUT2D eigenvalue weighted by Gasteiger charge is -2.25. The van der Waals surface area contributed by atoms with Crippen LogP contribution in [-0.4, -0.2) is 47.1 Å². The number of nitrogens with zero attached hydrogens (tertiary/aromatic N) is 3. The molecule has 2 atom stereocenters. The number of likely N-dealkylation sites (tertiary alicyclic amines) is 2. The molecular formula is C20H25N3O. The van der Waals surface area contributed by atoms with Gasteiger partial charge in [0.05, 0.1) is 7.11 Å². The number of hydrogen-bond acceptors (Lipinski definition) is 4. The van der Waals surface area contributed by atoms with Gasteiger partial charge in [0.15, 0.2) is 0 Å². The molecule has 4 rings (SSSR count). The van der Waals surface area contributed by atoms with Crippen LogP contribution in [0.4, 0.5) is 0 Å². The summed E-state index contributed by atoms with van der Waals surface area (Å²) in [6, 6.07) is 14.1. The highest BCUT2D eigenvalue weighted by atomic mass is 16.5. The standard InChI is InChI=1S/C20H25N3O/c1-24-18-6-4-16(5-7-18)14-22-11-8-20-19(22)9-12-23(20)15-17-3-2-10-21-13-17/h2-7,10,13,19-20H,8-9,11-12,14-15H2,1H3/t19-,20+/m0/s1. The summed E-state index contributed by atoms with van der Waals surface area (Å²) >= 11 is 0. The van der Waals surface area contributed by atoms with E-state index in [1.807, 2.05) is 18.5 Å². The van der Waals surface area contributed by atoms with E-state index in [4.69, 9.17) is 4.74 Å². The topological polar surface area (TPSA) is 28.6 Å². The zero-order valence-corrected chi connectivity index (χ0v) is 14.3. The predicted molar refractivity (Wildman–Crippen MR) is 94.9 cm³/mol. The molecule has 4 heteroatoms. The molecule has 2 aliphatic heterocycles. The number of ether oxygens (including phenoxy) is 1. The third-order valence-electron chi connectivity index (χ3n) is 5.46. The van der Waals surface area contributed by atoms with E-state index >= 15 is 0 Å². The molecule has 2 fully saturated rings. The van der Waals surface area contributed by atoms with Crippen molar-refractivity contribution in [3.05, 3.63) is 59.9 Å². The largest absolute Gasteiger partial charge is 0.497 e. The first kappa shape index (κ1) is 15.6. The van der Waals surface area contributed by atoms with Crippen LogP contribution >= 0.6 is 0 Å². The second kappa shape index (κ2) is 6.91. The number of pyridine rings is 1. The van der Waals surface area contributed by atoms with E-state index in [0.29, 0.717) is 12.1 Å². The molecule has 0 aliphatic carbocycles. The predicted octanol–water partition coefficient (Wildman–Crippen LogP) is 2.94. The highest BCUT2D eigenvalue weighted by Crippen LogP contribution is 2.33. The third kappa shape index (κ3) is 3.17. The van der Waals surface area contributed by atoms with Crippen molar-refractivity contribution in [2.45, 2.75) is 38.0 Å². The van der Waals surface area contributed by atoms with Crippen LogP contribution in [0.3, 0.4) is 0 Å². The summed E-state index contributed by atoms with van der Waals surface area (Å²) in [4.78, 5) is 9.56. The van der Waals surface area contributed by atoms with E-state index in [0.717, 1.165) is 18.8 Å². The highest BCUT2D eigenvalue weighted by Gasteiger charge is 2.41. The lowest BCUT2D eigenvalue weighted by molar-refractivity contribution is 0.212. The van der Waals surface area contributed by atoms with Crippen molar-refractivity contribution in [1.29, 1.82) is 0 Å². The molecule has 24 heavy (non-hydrogen) atoms. The monoisotopic (exact) mass is 323 g/mol. The molecule has 0 unspecified atom stereocenters. The smallest absolute Gasteiger partial charge is 0.118 e. The Morgan fingerprint density at radius 2 is 1.62 bits per heavy atom. The molecule has 0 bridgehead atoms. The van der Waals surface area contributed by atoms with Crippen LogP contribution in [-0.2, 0) is 13.1 Å². The Bertz CT molecular complexity index is 658. The van der Waals surface area contributed by atoms with Gasteiger partial charge < -0.3 is 4.74 Å². The maximum Gasteiger partial charge on any atom is 0.118 e. The van der Waals surface area contributed by atoms with E-state index in [-0.39, 0.29) is 0 Å². The fraction of sp³-hybridized carbons (Fsp3) is 0.450. The lowest BCUT2D eigenvalue weighted by atomic mass is 10.1. The van der Waals surface area contributed by atoms with Crippen LogP contribution in [0.2, 0.25) is 0 Å². The normalized spacial score (nSPS) is 24.2. The number of hydrogen-bond donors (Lipinski definition) is 0. The van der Waals surface area contributed by atoms with Crippen molar-refractivity contribution < 1.29 is 4.74 Å². The zero-order valence-electron chi connectivity index (χ0n) is 14.3. The molecule has 4 nitrogen and oxygen atoms in total. The first-order valence-electron chi connectivity index (χ1n) is 8.83. The second-order valence-electron chi connectivity index (χ2n) is 6.86. The molecule has 1 aromatic carbocycles. The van der Waals surface area contributed by atoms with Gasteiger partial charge in [0.25, 0.3) is 0 Å². The van der Waals surface area contributed by atoms with Crippen LogP contribution in [0, 0.1) is 0 Å². The van der Waals surface area contributed by atoms with Gasteiger partial charge in [0, 0.05) is 50.7 Å². The number of methoxy groups -OCH3 is 1. The summed E-state index contributed by atoms with van der Waals surface area (Å²) in [5.41, 5.74) is 2.70. The SMILES string of the molecule is COc1ccc(CN2CC[C@@H]3[C@@H]2CCN3Cc2cccnc2)cc1. The van der Waals surface area contributed by atoms with Gasteiger partial charge in [0.2, 0.25) is 0 Å². The number of benzene rings is 1. The van der Waals surface area contributed by atoms with Crippen LogP contribution in [0.1, 0.15) is 24.0 Å². The van der Waals surface area contributed by atoms with Gasteiger partial charge in [-0.2, -0.15) is 0 Å². The minimum atomic E-state index is 0.698. The number of aromatic nitrogens is 1. The van der Waals surface area contributed by atoms with E-state index in [9.17, 15) is 0 Å². The highest BCUT2D eigenvalue weighted by molar-refractivity contribution is 5.27. The Morgan fingerprint density at radius 3 is 2.21 bits per heavy atom. The van der Waals surface area contributed by atoms with Gasteiger partial charge in [-0.1, -0.05) is 18.2 Å². The van der Waals surface area contributed by atoms with Gasteiger partial charge >= 0.3 is 0 Å². The fourth-order valence-electron chi connectivity index (χ4n) is 4.25. The molecule has 0 radical (unpaired) electrons. The lowest BCUT2D eigenvalue weighted by Crippen LogP contribution is -2.36. The van der Waals surface area contributed by atoms with Gasteiger partial charge in [-0.15, -0.1) is 0 Å². The molecule has 0 spiro atoms. The molecule has 0 saturated carbocycles. The van der Waals surface area contributed by atoms with E-state index in [1.54, 1.807) is 7.11 Å². The van der Waals surface area contributed by atoms with E-state index in [2.05, 4.69) is 45.1 Å². The number of fused-ring (bicyclic) bond motifs is 1. The van der Waals surface area contributed by atoms with Crippen molar-refractivity contribution in [1.82, 2.24) is 14.8 Å². The van der Waals surface area contributed by atoms with E-state index in [1.165, 1.54) is 37.1 Å². The van der Waals surface area contributed by atoms with Crippen LogP contribution in [0.5, 0.6) is 5.75 Å². The Kier molecular flexibility index (Phi) is 4.50. The molecule has 2 aromatic rings. The molecule has 2 aliphatic rings. The molecular weight excluding hydrogens is 298 g/mol. The Labute approximate surface area is 144 Å². The van der Waals surface area contributed by atoms with Crippen LogP contribution in [0.25, 0.3) is 0 Å². The molecule has 1 aromatic heterocycles. The van der Waals surface area contributed by atoms with Crippen LogP contribution < -0.4 is 4.74 Å². The maximum atomic E-state index is 5.25. The summed E-state index contributed by atoms with van der Waals surface area (Å²) in [6.45, 7) is 4.48. The Balaban J connectivity index is 1.39. The maximum absolute atomic E-state index is 5.25. The van der Waals surface area contributed by atoms with Crippen molar-refractivity contribution in [2.24, 2.45) is 0 Å². The Hall–Kier alpha value is -1.91. The van der Waals surface area contributed by atoms with Crippen LogP contribution in [0.15, 0.2) is 48.8 Å². The summed E-state index contributed by atoms with van der Waals surface area (Å²) < 4.78 is 5.25. The molecule has 0 N–H and O–H groups in total. The van der Waals surface area contributed by atoms with Crippen molar-refractivity contribution in [3.63, 3.8) is 0 Å². The second-order valence-corrected chi connectivity index (χ2v) is 6.86. The summed E-state index contributed by atoms with van der Waals surface area (Å²) in [7, 11) is 1.72. The summed E-state index contributed by atoms with van der Waals surface area (Å²) in [5.74, 6) is 0.932. The first-order valence-corrected chi connectivity index (χ1v) is 8.83. The fourth-order valence-corrected chi connectivity index (χ4v) is 4.25. The average molecular weight is 323 g/mol. The average Bonchev–Trinajstić information content (AvgIpc) is 3.20. The molecule has 2 saturated heterocycles. The summed E-state index contributed by atoms with van der Waals surface area (Å²) in [6.07, 6.45) is 6.40. The molecule has 0 amide bonds. The van der Waals surface area contributed by atoms with Crippen molar-refractivity contribution >= 4 is 0 Å². The van der Waals surface area contributed by atoms with Gasteiger partial charge in [-0.05, 0) is 42.2 Å². The number of rotatable bonds is 5. The van der Waals surface area contributed by atoms with E-state index < -0.39 is 0 Å². The third-order valence-corrected chi connectivity index (χ3v) is 5.46. The quantitative estimate of drug-likeness (QED) is 0.846. The summed E-state index contributed by atoms with van der Waals surface area (Å²) in [5, 5.41) is 0.